The fraction of sp³-hybridized carbons (Fsp3) is 0.444. The first kappa shape index (κ1) is 16.0. The number of carbonyl (C=O) groups excluding carboxylic acids is 1. The second-order valence-electron chi connectivity index (χ2n) is 6.66. The van der Waals surface area contributed by atoms with E-state index in [1.165, 1.54) is 0 Å². The van der Waals surface area contributed by atoms with E-state index < -0.39 is 0 Å². The van der Waals surface area contributed by atoms with Gasteiger partial charge in [-0.05, 0) is 31.0 Å². The fourth-order valence-electron chi connectivity index (χ4n) is 3.70. The topological polar surface area (TPSA) is 80.2 Å². The van der Waals surface area contributed by atoms with E-state index in [9.17, 15) is 4.79 Å². The van der Waals surface area contributed by atoms with E-state index >= 15 is 0 Å². The molecule has 2 aliphatic heterocycles. The largest absolute Gasteiger partial charge is 0.371 e. The first-order chi connectivity index (χ1) is 12.2. The molecule has 2 fully saturated rings. The molecule has 7 nitrogen and oxygen atoms in total. The van der Waals surface area contributed by atoms with Crippen LogP contribution in [0.25, 0.3) is 0 Å². The second-order valence-corrected chi connectivity index (χ2v) is 6.66. The van der Waals surface area contributed by atoms with Gasteiger partial charge in [-0.15, -0.1) is 0 Å². The van der Waals surface area contributed by atoms with E-state index in [-0.39, 0.29) is 17.6 Å². The van der Waals surface area contributed by atoms with Crippen molar-refractivity contribution in [1.82, 2.24) is 19.9 Å². The van der Waals surface area contributed by atoms with Gasteiger partial charge in [0.15, 0.2) is 0 Å². The standard InChI is InChI=1S/C18H21N5O2/c24-16(15-5-1-2-7-19-15)23-10-3-6-18(13-23)11-14(12-25-18)22-17-20-8-4-9-21-17/h1-2,4-5,7-9,14H,3,6,10-13H2,(H,20,21,22)/t14-,18+/m0/s1. The van der Waals surface area contributed by atoms with Crippen molar-refractivity contribution < 1.29 is 9.53 Å². The Morgan fingerprint density at radius 3 is 2.84 bits per heavy atom. The third kappa shape index (κ3) is 3.46. The van der Waals surface area contributed by atoms with Crippen LogP contribution in [0.4, 0.5) is 5.95 Å². The SMILES string of the molecule is O=C(c1ccccn1)N1CCC[C@@]2(C[C@H](Nc3ncccn3)CO2)C1. The average Bonchev–Trinajstić information content (AvgIpc) is 3.04. The summed E-state index contributed by atoms with van der Waals surface area (Å²) in [5.41, 5.74) is 0.208. The number of pyridine rings is 1. The van der Waals surface area contributed by atoms with Crippen molar-refractivity contribution in [3.63, 3.8) is 0 Å². The van der Waals surface area contributed by atoms with Crippen molar-refractivity contribution in [2.24, 2.45) is 0 Å². The molecule has 1 N–H and O–H groups in total. The number of nitrogens with zero attached hydrogens (tertiary/aromatic N) is 4. The first-order valence-corrected chi connectivity index (χ1v) is 8.62. The molecule has 2 aromatic rings. The maximum atomic E-state index is 12.7. The van der Waals surface area contributed by atoms with E-state index in [2.05, 4.69) is 20.3 Å². The van der Waals surface area contributed by atoms with E-state index in [0.717, 1.165) is 25.8 Å². The van der Waals surface area contributed by atoms with Crippen LogP contribution in [0.1, 0.15) is 29.8 Å². The number of anilines is 1. The van der Waals surface area contributed by atoms with Crippen LogP contribution in [0.3, 0.4) is 0 Å². The van der Waals surface area contributed by atoms with Crippen molar-refractivity contribution in [3.8, 4) is 0 Å². The molecule has 0 unspecified atom stereocenters. The molecule has 2 aliphatic rings. The molecule has 0 saturated carbocycles. The number of hydrogen-bond acceptors (Lipinski definition) is 6. The summed E-state index contributed by atoms with van der Waals surface area (Å²) in [7, 11) is 0. The molecule has 0 radical (unpaired) electrons. The minimum atomic E-state index is -0.283. The highest BCUT2D eigenvalue weighted by atomic mass is 16.5. The van der Waals surface area contributed by atoms with Gasteiger partial charge in [0.25, 0.3) is 5.91 Å². The molecule has 0 aromatic carbocycles. The number of rotatable bonds is 3. The Balaban J connectivity index is 1.42. The molecule has 0 aliphatic carbocycles. The van der Waals surface area contributed by atoms with Crippen molar-refractivity contribution in [2.45, 2.75) is 30.9 Å². The van der Waals surface area contributed by atoms with Gasteiger partial charge in [-0.2, -0.15) is 0 Å². The molecule has 4 rings (SSSR count). The third-order valence-electron chi connectivity index (χ3n) is 4.82. The molecule has 7 heteroatoms. The Bertz CT molecular complexity index is 727. The van der Waals surface area contributed by atoms with Crippen LogP contribution >= 0.6 is 0 Å². The highest BCUT2D eigenvalue weighted by molar-refractivity contribution is 5.92. The van der Waals surface area contributed by atoms with Crippen LogP contribution in [-0.4, -0.2) is 57.1 Å². The van der Waals surface area contributed by atoms with Crippen LogP contribution in [0.2, 0.25) is 0 Å². The van der Waals surface area contributed by atoms with Crippen molar-refractivity contribution in [1.29, 1.82) is 0 Å². The van der Waals surface area contributed by atoms with Gasteiger partial charge in [0.2, 0.25) is 5.95 Å². The highest BCUT2D eigenvalue weighted by Gasteiger charge is 2.44. The lowest BCUT2D eigenvalue weighted by Gasteiger charge is -2.39. The highest BCUT2D eigenvalue weighted by Crippen LogP contribution is 2.35. The van der Waals surface area contributed by atoms with Crippen LogP contribution in [-0.2, 0) is 4.74 Å². The number of carbonyl (C=O) groups is 1. The molecule has 2 aromatic heterocycles. The average molecular weight is 339 g/mol. The molecule has 4 heterocycles. The third-order valence-corrected chi connectivity index (χ3v) is 4.82. The zero-order valence-electron chi connectivity index (χ0n) is 14.0. The summed E-state index contributed by atoms with van der Waals surface area (Å²) < 4.78 is 6.15. The molecule has 0 bridgehead atoms. The van der Waals surface area contributed by atoms with E-state index in [1.54, 1.807) is 30.7 Å². The molecular weight excluding hydrogens is 318 g/mol. The van der Waals surface area contributed by atoms with Crippen LogP contribution in [0.15, 0.2) is 42.9 Å². The zero-order valence-corrected chi connectivity index (χ0v) is 14.0. The van der Waals surface area contributed by atoms with Crippen molar-refractivity contribution in [2.75, 3.05) is 25.0 Å². The molecule has 1 spiro atoms. The lowest BCUT2D eigenvalue weighted by molar-refractivity contribution is -0.0448. The molecule has 2 saturated heterocycles. The number of nitrogens with one attached hydrogen (secondary N) is 1. The minimum absolute atomic E-state index is 0.0222. The second kappa shape index (κ2) is 6.76. The molecule has 2 atom stereocenters. The van der Waals surface area contributed by atoms with Gasteiger partial charge in [0.05, 0.1) is 24.8 Å². The number of amides is 1. The van der Waals surface area contributed by atoms with E-state index in [0.29, 0.717) is 24.8 Å². The Kier molecular flexibility index (Phi) is 4.31. The minimum Gasteiger partial charge on any atom is -0.371 e. The number of likely N-dealkylation sites (tertiary alicyclic amines) is 1. The van der Waals surface area contributed by atoms with Gasteiger partial charge in [0, 0.05) is 31.6 Å². The molecule has 25 heavy (non-hydrogen) atoms. The predicted octanol–water partition coefficient (Wildman–Crippen LogP) is 1.75. The Morgan fingerprint density at radius 2 is 2.04 bits per heavy atom. The normalized spacial score (nSPS) is 25.9. The molecule has 1 amide bonds. The molecular formula is C18H21N5O2. The van der Waals surface area contributed by atoms with E-state index in [4.69, 9.17) is 4.74 Å². The maximum absolute atomic E-state index is 12.7. The summed E-state index contributed by atoms with van der Waals surface area (Å²) in [6, 6.07) is 7.37. The van der Waals surface area contributed by atoms with Crippen molar-refractivity contribution in [3.05, 3.63) is 48.5 Å². The van der Waals surface area contributed by atoms with Crippen LogP contribution < -0.4 is 5.32 Å². The summed E-state index contributed by atoms with van der Waals surface area (Å²) in [6.07, 6.45) is 7.83. The van der Waals surface area contributed by atoms with Gasteiger partial charge in [-0.3, -0.25) is 9.78 Å². The summed E-state index contributed by atoms with van der Waals surface area (Å²) >= 11 is 0. The summed E-state index contributed by atoms with van der Waals surface area (Å²) in [4.78, 5) is 27.1. The van der Waals surface area contributed by atoms with Gasteiger partial charge < -0.3 is 15.0 Å². The lowest BCUT2D eigenvalue weighted by Crippen LogP contribution is -2.50. The van der Waals surface area contributed by atoms with Crippen LogP contribution in [0.5, 0.6) is 0 Å². The van der Waals surface area contributed by atoms with Crippen molar-refractivity contribution >= 4 is 11.9 Å². The van der Waals surface area contributed by atoms with E-state index in [1.807, 2.05) is 17.0 Å². The van der Waals surface area contributed by atoms with Gasteiger partial charge in [0.1, 0.15) is 5.69 Å². The lowest BCUT2D eigenvalue weighted by atomic mass is 9.88. The van der Waals surface area contributed by atoms with Crippen LogP contribution in [0, 0.1) is 0 Å². The predicted molar refractivity (Wildman–Crippen MR) is 92.1 cm³/mol. The Morgan fingerprint density at radius 1 is 1.20 bits per heavy atom. The number of aromatic nitrogens is 3. The quantitative estimate of drug-likeness (QED) is 0.918. The summed E-state index contributed by atoms with van der Waals surface area (Å²) in [5, 5.41) is 3.33. The monoisotopic (exact) mass is 339 g/mol. The zero-order chi connectivity index (χ0) is 17.1. The maximum Gasteiger partial charge on any atom is 0.272 e. The number of hydrogen-bond donors (Lipinski definition) is 1. The molecule has 130 valence electrons. The summed E-state index contributed by atoms with van der Waals surface area (Å²) in [5.74, 6) is 0.594. The Labute approximate surface area is 146 Å². The number of piperidine rings is 1. The summed E-state index contributed by atoms with van der Waals surface area (Å²) in [6.45, 7) is 1.96. The van der Waals surface area contributed by atoms with Gasteiger partial charge in [-0.1, -0.05) is 6.07 Å². The smallest absolute Gasteiger partial charge is 0.272 e. The first-order valence-electron chi connectivity index (χ1n) is 8.62. The fourth-order valence-corrected chi connectivity index (χ4v) is 3.70. The number of ether oxygens (including phenoxy) is 1. The Hall–Kier alpha value is -2.54. The van der Waals surface area contributed by atoms with Gasteiger partial charge in [-0.25, -0.2) is 9.97 Å². The van der Waals surface area contributed by atoms with Gasteiger partial charge >= 0.3 is 0 Å².